The van der Waals surface area contributed by atoms with Crippen LogP contribution >= 0.6 is 0 Å². The van der Waals surface area contributed by atoms with Crippen LogP contribution in [0.15, 0.2) is 40.2 Å². The molecule has 0 unspecified atom stereocenters. The highest BCUT2D eigenvalue weighted by molar-refractivity contribution is 5.80. The highest BCUT2D eigenvalue weighted by atomic mass is 16.5. The lowest BCUT2D eigenvalue weighted by atomic mass is 10.2. The predicted molar refractivity (Wildman–Crippen MR) is 92.5 cm³/mol. The normalized spacial score (nSPS) is 16.4. The Morgan fingerprint density at radius 3 is 2.79 bits per heavy atom. The second-order valence-electron chi connectivity index (χ2n) is 5.92. The molecule has 2 aromatic rings. The molecule has 0 radical (unpaired) electrons. The summed E-state index contributed by atoms with van der Waals surface area (Å²) in [6, 6.07) is 5.96. The van der Waals surface area contributed by atoms with Crippen LogP contribution in [0.5, 0.6) is 0 Å². The van der Waals surface area contributed by atoms with E-state index >= 15 is 0 Å². The molecule has 3 rings (SSSR count). The summed E-state index contributed by atoms with van der Waals surface area (Å²) >= 11 is 0. The van der Waals surface area contributed by atoms with E-state index in [-0.39, 0.29) is 0 Å². The van der Waals surface area contributed by atoms with E-state index in [0.29, 0.717) is 6.54 Å². The van der Waals surface area contributed by atoms with Gasteiger partial charge in [-0.3, -0.25) is 14.9 Å². The molecular weight excluding hydrogens is 304 g/mol. The van der Waals surface area contributed by atoms with Crippen molar-refractivity contribution in [3.05, 3.63) is 47.6 Å². The first kappa shape index (κ1) is 16.4. The van der Waals surface area contributed by atoms with Crippen LogP contribution < -0.4 is 5.32 Å². The Labute approximate surface area is 142 Å². The number of rotatable bonds is 4. The fraction of sp³-hybridized carbons (Fsp3) is 0.471. The van der Waals surface area contributed by atoms with E-state index in [1.54, 1.807) is 6.26 Å². The van der Waals surface area contributed by atoms with Gasteiger partial charge >= 0.3 is 0 Å². The van der Waals surface area contributed by atoms with Crippen molar-refractivity contribution < 1.29 is 4.52 Å². The average Bonchev–Trinajstić information content (AvgIpc) is 3.11. The van der Waals surface area contributed by atoms with Crippen LogP contribution in [0.1, 0.15) is 17.0 Å². The van der Waals surface area contributed by atoms with Crippen molar-refractivity contribution in [3.8, 4) is 0 Å². The van der Waals surface area contributed by atoms with Crippen molar-refractivity contribution in [2.45, 2.75) is 20.0 Å². The molecule has 1 aliphatic heterocycles. The Morgan fingerprint density at radius 1 is 1.29 bits per heavy atom. The third-order valence-corrected chi connectivity index (χ3v) is 4.29. The molecule has 0 atom stereocenters. The first-order chi connectivity index (χ1) is 11.8. The number of piperazine rings is 1. The van der Waals surface area contributed by atoms with Crippen molar-refractivity contribution in [2.75, 3.05) is 33.2 Å². The second-order valence-corrected chi connectivity index (χ2v) is 5.92. The van der Waals surface area contributed by atoms with E-state index in [4.69, 9.17) is 4.52 Å². The molecule has 0 aromatic carbocycles. The van der Waals surface area contributed by atoms with Gasteiger partial charge in [-0.05, 0) is 18.6 Å². The van der Waals surface area contributed by atoms with Crippen molar-refractivity contribution in [1.29, 1.82) is 0 Å². The quantitative estimate of drug-likeness (QED) is 0.673. The van der Waals surface area contributed by atoms with Crippen molar-refractivity contribution in [1.82, 2.24) is 25.3 Å². The Morgan fingerprint density at radius 2 is 2.12 bits per heavy atom. The molecule has 3 heterocycles. The maximum Gasteiger partial charge on any atom is 0.194 e. The van der Waals surface area contributed by atoms with E-state index in [1.807, 2.05) is 25.4 Å². The average molecular weight is 328 g/mol. The largest absolute Gasteiger partial charge is 0.364 e. The van der Waals surface area contributed by atoms with Gasteiger partial charge in [0, 0.05) is 52.0 Å². The molecule has 0 amide bonds. The number of aliphatic imine (C=N–C) groups is 1. The minimum atomic E-state index is 0.693. The Hall–Kier alpha value is -2.41. The third kappa shape index (κ3) is 4.11. The van der Waals surface area contributed by atoms with Crippen LogP contribution in [0.25, 0.3) is 0 Å². The highest BCUT2D eigenvalue weighted by Gasteiger charge is 2.20. The first-order valence-corrected chi connectivity index (χ1v) is 8.24. The number of nitrogens with zero attached hydrogens (tertiary/aromatic N) is 5. The predicted octanol–water partition coefficient (Wildman–Crippen LogP) is 1.27. The van der Waals surface area contributed by atoms with Crippen molar-refractivity contribution in [2.24, 2.45) is 4.99 Å². The van der Waals surface area contributed by atoms with Crippen LogP contribution in [-0.4, -0.2) is 59.1 Å². The topological polar surface area (TPSA) is 69.8 Å². The smallest absolute Gasteiger partial charge is 0.194 e. The second kappa shape index (κ2) is 7.92. The molecule has 0 spiro atoms. The number of aromatic nitrogens is 2. The molecule has 1 saturated heterocycles. The fourth-order valence-corrected chi connectivity index (χ4v) is 2.86. The van der Waals surface area contributed by atoms with Gasteiger partial charge in [0.2, 0.25) is 0 Å². The summed E-state index contributed by atoms with van der Waals surface area (Å²) in [6.07, 6.45) is 3.45. The molecule has 0 saturated carbocycles. The van der Waals surface area contributed by atoms with Gasteiger partial charge in [0.05, 0.1) is 17.9 Å². The van der Waals surface area contributed by atoms with E-state index in [0.717, 1.165) is 50.1 Å². The number of hydrogen-bond donors (Lipinski definition) is 1. The maximum atomic E-state index is 4.89. The van der Waals surface area contributed by atoms with Gasteiger partial charge in [0.25, 0.3) is 0 Å². The Balaban J connectivity index is 1.49. The first-order valence-electron chi connectivity index (χ1n) is 8.24. The molecule has 0 aliphatic carbocycles. The summed E-state index contributed by atoms with van der Waals surface area (Å²) in [7, 11) is 1.83. The Bertz CT molecular complexity index is 661. The Kier molecular flexibility index (Phi) is 5.43. The molecule has 2 aromatic heterocycles. The van der Waals surface area contributed by atoms with Gasteiger partial charge in [0.15, 0.2) is 5.96 Å². The van der Waals surface area contributed by atoms with Gasteiger partial charge < -0.3 is 14.7 Å². The molecule has 128 valence electrons. The number of aryl methyl sites for hydroxylation is 1. The molecule has 0 bridgehead atoms. The molecule has 7 nitrogen and oxygen atoms in total. The molecule has 1 fully saturated rings. The summed E-state index contributed by atoms with van der Waals surface area (Å²) < 4.78 is 4.89. The molecule has 1 aliphatic rings. The van der Waals surface area contributed by atoms with Gasteiger partial charge in [-0.2, -0.15) is 0 Å². The van der Waals surface area contributed by atoms with Crippen molar-refractivity contribution >= 4 is 5.96 Å². The maximum absolute atomic E-state index is 4.89. The van der Waals surface area contributed by atoms with Gasteiger partial charge in [-0.15, -0.1) is 0 Å². The lowest BCUT2D eigenvalue weighted by Gasteiger charge is -2.36. The zero-order valence-corrected chi connectivity index (χ0v) is 14.3. The van der Waals surface area contributed by atoms with E-state index in [9.17, 15) is 0 Å². The highest BCUT2D eigenvalue weighted by Crippen LogP contribution is 2.08. The van der Waals surface area contributed by atoms with Gasteiger partial charge in [-0.1, -0.05) is 11.2 Å². The van der Waals surface area contributed by atoms with Crippen LogP contribution in [0, 0.1) is 6.92 Å². The summed E-state index contributed by atoms with van der Waals surface area (Å²) in [6.45, 7) is 7.46. The lowest BCUT2D eigenvalue weighted by Crippen LogP contribution is -2.52. The molecule has 1 N–H and O–H groups in total. The van der Waals surface area contributed by atoms with Crippen LogP contribution in [-0.2, 0) is 13.1 Å². The van der Waals surface area contributed by atoms with Crippen molar-refractivity contribution in [3.63, 3.8) is 0 Å². The third-order valence-electron chi connectivity index (χ3n) is 4.29. The minimum absolute atomic E-state index is 0.693. The van der Waals surface area contributed by atoms with Crippen LogP contribution in [0.4, 0.5) is 0 Å². The molecule has 7 heteroatoms. The monoisotopic (exact) mass is 328 g/mol. The SMILES string of the molecule is CN=C(NCc1ncccc1C)N1CCN(Cc2ccon2)CC1. The van der Waals surface area contributed by atoms with E-state index < -0.39 is 0 Å². The summed E-state index contributed by atoms with van der Waals surface area (Å²) in [5.74, 6) is 0.932. The summed E-state index contributed by atoms with van der Waals surface area (Å²) in [4.78, 5) is 13.5. The number of nitrogens with one attached hydrogen (secondary N) is 1. The molecule has 24 heavy (non-hydrogen) atoms. The zero-order chi connectivity index (χ0) is 16.8. The van der Waals surface area contributed by atoms with Gasteiger partial charge in [0.1, 0.15) is 6.26 Å². The van der Waals surface area contributed by atoms with Crippen LogP contribution in [0.2, 0.25) is 0 Å². The number of pyridine rings is 1. The summed E-state index contributed by atoms with van der Waals surface area (Å²) in [5.41, 5.74) is 3.23. The zero-order valence-electron chi connectivity index (χ0n) is 14.3. The number of hydrogen-bond acceptors (Lipinski definition) is 5. The molecular formula is C17H24N6O. The standard InChI is InChI=1S/C17H24N6O/c1-14-4-3-6-19-16(14)12-20-17(18-2)23-9-7-22(8-10-23)13-15-5-11-24-21-15/h3-6,11H,7-10,12-13H2,1-2H3,(H,18,20). The van der Waals surface area contributed by atoms with Crippen LogP contribution in [0.3, 0.4) is 0 Å². The number of guanidine groups is 1. The van der Waals surface area contributed by atoms with E-state index in [2.05, 4.69) is 43.2 Å². The lowest BCUT2D eigenvalue weighted by molar-refractivity contribution is 0.169. The fourth-order valence-electron chi connectivity index (χ4n) is 2.86. The minimum Gasteiger partial charge on any atom is -0.364 e. The van der Waals surface area contributed by atoms with Gasteiger partial charge in [-0.25, -0.2) is 0 Å². The summed E-state index contributed by atoms with van der Waals surface area (Å²) in [5, 5.41) is 7.40. The van der Waals surface area contributed by atoms with E-state index in [1.165, 1.54) is 5.56 Å².